The number of amides is 1. The predicted octanol–water partition coefficient (Wildman–Crippen LogP) is 3.72. The smallest absolute Gasteiger partial charge is 0.348 e. The van der Waals surface area contributed by atoms with Gasteiger partial charge in [0.05, 0.1) is 0 Å². The van der Waals surface area contributed by atoms with E-state index in [1.807, 2.05) is 0 Å². The van der Waals surface area contributed by atoms with Crippen LogP contribution < -0.4 is 11.1 Å². The Morgan fingerprint density at radius 1 is 1.00 bits per heavy atom. The molecule has 0 saturated heterocycles. The standard InChI is InChI=1S/C18H12Cl2N4O3/c19-11-3-1-9(2-4-11)15-17(26)24(18(27)22-15)23-16(25)14-8-10-7-12(20)5-6-13(10)21-14/h1-8,21,26H,(H,22,27)(H,23,25). The van der Waals surface area contributed by atoms with E-state index in [2.05, 4.69) is 15.4 Å². The summed E-state index contributed by atoms with van der Waals surface area (Å²) in [7, 11) is 0. The third-order valence-electron chi connectivity index (χ3n) is 4.04. The van der Waals surface area contributed by atoms with Gasteiger partial charge >= 0.3 is 5.69 Å². The first-order valence-corrected chi connectivity index (χ1v) is 8.57. The summed E-state index contributed by atoms with van der Waals surface area (Å²) in [4.78, 5) is 30.1. The summed E-state index contributed by atoms with van der Waals surface area (Å²) in [6, 6.07) is 13.3. The van der Waals surface area contributed by atoms with Gasteiger partial charge in [0.15, 0.2) is 0 Å². The molecule has 27 heavy (non-hydrogen) atoms. The van der Waals surface area contributed by atoms with E-state index in [1.165, 1.54) is 0 Å². The van der Waals surface area contributed by atoms with Crippen molar-refractivity contribution in [1.82, 2.24) is 14.6 Å². The molecule has 4 rings (SSSR count). The van der Waals surface area contributed by atoms with E-state index in [-0.39, 0.29) is 11.4 Å². The molecule has 0 saturated carbocycles. The third kappa shape index (κ3) is 3.18. The average molecular weight is 403 g/mol. The van der Waals surface area contributed by atoms with Crippen molar-refractivity contribution in [3.8, 4) is 17.1 Å². The molecule has 4 aromatic rings. The molecule has 0 aliphatic carbocycles. The molecule has 1 amide bonds. The number of hydrogen-bond donors (Lipinski definition) is 4. The van der Waals surface area contributed by atoms with Gasteiger partial charge in [-0.2, -0.15) is 4.68 Å². The minimum Gasteiger partial charge on any atom is -0.492 e. The van der Waals surface area contributed by atoms with Gasteiger partial charge in [-0.25, -0.2) is 4.79 Å². The summed E-state index contributed by atoms with van der Waals surface area (Å²) in [6.45, 7) is 0. The van der Waals surface area contributed by atoms with Crippen molar-refractivity contribution in [2.45, 2.75) is 0 Å². The Kier molecular flexibility index (Phi) is 4.18. The molecule has 2 aromatic heterocycles. The summed E-state index contributed by atoms with van der Waals surface area (Å²) < 4.78 is 0.741. The maximum atomic E-state index is 12.5. The van der Waals surface area contributed by atoms with E-state index in [0.29, 0.717) is 15.6 Å². The molecule has 0 atom stereocenters. The Balaban J connectivity index is 1.66. The van der Waals surface area contributed by atoms with E-state index in [4.69, 9.17) is 23.2 Å². The van der Waals surface area contributed by atoms with Gasteiger partial charge in [0, 0.05) is 26.5 Å². The molecule has 2 heterocycles. The van der Waals surface area contributed by atoms with Crippen molar-refractivity contribution < 1.29 is 9.90 Å². The predicted molar refractivity (Wildman–Crippen MR) is 104 cm³/mol. The van der Waals surface area contributed by atoms with E-state index < -0.39 is 17.5 Å². The number of nitrogens with zero attached hydrogens (tertiary/aromatic N) is 1. The molecule has 0 aliphatic rings. The molecule has 0 spiro atoms. The number of carbonyl (C=O) groups excluding carboxylic acids is 1. The topological polar surface area (TPSA) is 103 Å². The molecule has 136 valence electrons. The molecule has 0 radical (unpaired) electrons. The fourth-order valence-electron chi connectivity index (χ4n) is 2.74. The van der Waals surface area contributed by atoms with Crippen LogP contribution in [0.2, 0.25) is 10.0 Å². The Bertz CT molecular complexity index is 1220. The lowest BCUT2D eigenvalue weighted by Gasteiger charge is -2.05. The number of halogens is 2. The quantitative estimate of drug-likeness (QED) is 0.419. The van der Waals surface area contributed by atoms with E-state index in [1.54, 1.807) is 48.5 Å². The lowest BCUT2D eigenvalue weighted by Crippen LogP contribution is -2.31. The summed E-state index contributed by atoms with van der Waals surface area (Å²) in [5.41, 5.74) is 3.32. The highest BCUT2D eigenvalue weighted by Gasteiger charge is 2.18. The molecule has 4 N–H and O–H groups in total. The minimum atomic E-state index is -0.690. The molecular formula is C18H12Cl2N4O3. The zero-order valence-corrected chi connectivity index (χ0v) is 15.1. The van der Waals surface area contributed by atoms with E-state index in [0.717, 1.165) is 15.6 Å². The number of nitrogens with one attached hydrogen (secondary N) is 3. The second-order valence-electron chi connectivity index (χ2n) is 5.83. The largest absolute Gasteiger partial charge is 0.492 e. The van der Waals surface area contributed by atoms with E-state index >= 15 is 0 Å². The highest BCUT2D eigenvalue weighted by molar-refractivity contribution is 6.31. The Labute approximate surface area is 162 Å². The fraction of sp³-hybridized carbons (Fsp3) is 0. The summed E-state index contributed by atoms with van der Waals surface area (Å²) in [5.74, 6) is -1.02. The van der Waals surface area contributed by atoms with Gasteiger partial charge < -0.3 is 15.1 Å². The van der Waals surface area contributed by atoms with Crippen LogP contribution in [0.5, 0.6) is 5.88 Å². The number of aromatic hydroxyl groups is 1. The zero-order chi connectivity index (χ0) is 19.1. The molecule has 0 unspecified atom stereocenters. The lowest BCUT2D eigenvalue weighted by atomic mass is 10.2. The van der Waals surface area contributed by atoms with Gasteiger partial charge in [-0.15, -0.1) is 0 Å². The first kappa shape index (κ1) is 17.3. The van der Waals surface area contributed by atoms with Crippen molar-refractivity contribution in [3.05, 3.63) is 74.8 Å². The highest BCUT2D eigenvalue weighted by atomic mass is 35.5. The second kappa shape index (κ2) is 6.53. The van der Waals surface area contributed by atoms with Gasteiger partial charge in [0.25, 0.3) is 5.91 Å². The maximum Gasteiger partial charge on any atom is 0.348 e. The number of aromatic nitrogens is 3. The van der Waals surface area contributed by atoms with Crippen LogP contribution in [0.3, 0.4) is 0 Å². The number of rotatable bonds is 3. The van der Waals surface area contributed by atoms with Crippen molar-refractivity contribution in [2.24, 2.45) is 0 Å². The SMILES string of the molecule is O=C(Nn1c(O)c(-c2ccc(Cl)cc2)[nH]c1=O)c1cc2cc(Cl)ccc2[nH]1. The average Bonchev–Trinajstić information content (AvgIpc) is 3.18. The number of imidazole rings is 1. The normalized spacial score (nSPS) is 11.0. The number of benzene rings is 2. The van der Waals surface area contributed by atoms with Crippen molar-refractivity contribution in [2.75, 3.05) is 5.43 Å². The fourth-order valence-corrected chi connectivity index (χ4v) is 3.04. The summed E-state index contributed by atoms with van der Waals surface area (Å²) in [5, 5.41) is 12.2. The van der Waals surface area contributed by atoms with Crippen LogP contribution in [0.15, 0.2) is 53.3 Å². The Morgan fingerprint density at radius 3 is 2.44 bits per heavy atom. The minimum absolute atomic E-state index is 0.167. The molecule has 2 aromatic carbocycles. The first-order chi connectivity index (χ1) is 12.9. The van der Waals surface area contributed by atoms with Crippen LogP contribution in [0.1, 0.15) is 10.5 Å². The monoisotopic (exact) mass is 402 g/mol. The van der Waals surface area contributed by atoms with Crippen LogP contribution in [0, 0.1) is 0 Å². The number of fused-ring (bicyclic) bond motifs is 1. The third-order valence-corrected chi connectivity index (χ3v) is 4.53. The van der Waals surface area contributed by atoms with Gasteiger partial charge in [-0.3, -0.25) is 10.2 Å². The van der Waals surface area contributed by atoms with Crippen molar-refractivity contribution in [1.29, 1.82) is 0 Å². The molecule has 9 heteroatoms. The van der Waals surface area contributed by atoms with Crippen LogP contribution in [-0.2, 0) is 0 Å². The van der Waals surface area contributed by atoms with Gasteiger partial charge in [0.2, 0.25) is 5.88 Å². The van der Waals surface area contributed by atoms with Crippen molar-refractivity contribution in [3.63, 3.8) is 0 Å². The lowest BCUT2D eigenvalue weighted by molar-refractivity contribution is 0.100. The Hall–Kier alpha value is -3.16. The van der Waals surface area contributed by atoms with Gasteiger partial charge in [0.1, 0.15) is 11.4 Å². The maximum absolute atomic E-state index is 12.5. The Morgan fingerprint density at radius 2 is 1.70 bits per heavy atom. The number of H-pyrrole nitrogens is 2. The zero-order valence-electron chi connectivity index (χ0n) is 13.6. The summed E-state index contributed by atoms with van der Waals surface area (Å²) >= 11 is 11.8. The van der Waals surface area contributed by atoms with E-state index in [9.17, 15) is 14.7 Å². The molecule has 0 bridgehead atoms. The van der Waals surface area contributed by atoms with Crippen molar-refractivity contribution >= 4 is 40.0 Å². The first-order valence-electron chi connectivity index (χ1n) is 7.82. The second-order valence-corrected chi connectivity index (χ2v) is 6.70. The molecule has 7 nitrogen and oxygen atoms in total. The van der Waals surface area contributed by atoms with Gasteiger partial charge in [-0.05, 0) is 36.4 Å². The molecular weight excluding hydrogens is 391 g/mol. The number of carbonyl (C=O) groups is 1. The van der Waals surface area contributed by atoms with Crippen LogP contribution >= 0.6 is 23.2 Å². The molecule has 0 fully saturated rings. The number of aromatic amines is 2. The number of hydrogen-bond acceptors (Lipinski definition) is 3. The van der Waals surface area contributed by atoms with Crippen LogP contribution in [0.4, 0.5) is 0 Å². The molecule has 0 aliphatic heterocycles. The van der Waals surface area contributed by atoms with Crippen LogP contribution in [-0.4, -0.2) is 25.7 Å². The van der Waals surface area contributed by atoms with Crippen LogP contribution in [0.25, 0.3) is 22.2 Å². The summed E-state index contributed by atoms with van der Waals surface area (Å²) in [6.07, 6.45) is 0. The van der Waals surface area contributed by atoms with Gasteiger partial charge in [-0.1, -0.05) is 35.3 Å². The highest BCUT2D eigenvalue weighted by Crippen LogP contribution is 2.26.